The second-order valence-corrected chi connectivity index (χ2v) is 8.07. The minimum atomic E-state index is 0.0660. The summed E-state index contributed by atoms with van der Waals surface area (Å²) < 4.78 is 2.05. The van der Waals surface area contributed by atoms with Crippen LogP contribution in [0.3, 0.4) is 0 Å². The Morgan fingerprint density at radius 1 is 1.17 bits per heavy atom. The Bertz CT molecular complexity index is 1060. The molecule has 3 aromatic rings. The first-order valence-corrected chi connectivity index (χ1v) is 10.6. The molecule has 0 N–H and O–H groups in total. The Kier molecular flexibility index (Phi) is 5.36. The molecule has 6 nitrogen and oxygen atoms in total. The summed E-state index contributed by atoms with van der Waals surface area (Å²) in [6.07, 6.45) is 2.65. The second-order valence-electron chi connectivity index (χ2n) is 7.20. The maximum Gasteiger partial charge on any atom is 0.255 e. The quantitative estimate of drug-likeness (QED) is 0.665. The molecule has 1 aromatic carbocycles. The molecular formula is C22H23N5OS. The van der Waals surface area contributed by atoms with Crippen LogP contribution in [0.1, 0.15) is 33.7 Å². The Morgan fingerprint density at radius 2 is 2.00 bits per heavy atom. The first-order valence-electron chi connectivity index (χ1n) is 9.72. The number of amides is 1. The number of aromatic nitrogens is 2. The van der Waals surface area contributed by atoms with Gasteiger partial charge in [0.25, 0.3) is 5.91 Å². The van der Waals surface area contributed by atoms with Crippen molar-refractivity contribution in [3.63, 3.8) is 0 Å². The predicted molar refractivity (Wildman–Crippen MR) is 115 cm³/mol. The molecule has 4 rings (SSSR count). The molecule has 1 aliphatic rings. The SMILES string of the molecule is Cc1cc(C(=O)N2CCCN(c3ccccc3C#N)CC2)c(C)n1-c1nccs1. The number of nitriles is 1. The fourth-order valence-corrected chi connectivity index (χ4v) is 4.73. The third-order valence-electron chi connectivity index (χ3n) is 5.42. The lowest BCUT2D eigenvalue weighted by Crippen LogP contribution is -2.35. The molecule has 0 unspecified atom stereocenters. The predicted octanol–water partition coefficient (Wildman–Crippen LogP) is 3.77. The summed E-state index contributed by atoms with van der Waals surface area (Å²) in [5, 5.41) is 12.2. The molecule has 0 atom stereocenters. The summed E-state index contributed by atoms with van der Waals surface area (Å²) in [6.45, 7) is 6.89. The van der Waals surface area contributed by atoms with Crippen molar-refractivity contribution in [1.82, 2.24) is 14.5 Å². The van der Waals surface area contributed by atoms with Gasteiger partial charge < -0.3 is 9.80 Å². The fraction of sp³-hybridized carbons (Fsp3) is 0.318. The summed E-state index contributed by atoms with van der Waals surface area (Å²) in [5.74, 6) is 0.0660. The molecule has 1 fully saturated rings. The van der Waals surface area contributed by atoms with Gasteiger partial charge in [-0.15, -0.1) is 11.3 Å². The van der Waals surface area contributed by atoms with Crippen LogP contribution in [0.2, 0.25) is 0 Å². The van der Waals surface area contributed by atoms with E-state index in [9.17, 15) is 10.1 Å². The van der Waals surface area contributed by atoms with Crippen LogP contribution in [0.4, 0.5) is 5.69 Å². The zero-order valence-corrected chi connectivity index (χ0v) is 17.4. The lowest BCUT2D eigenvalue weighted by atomic mass is 10.1. The second kappa shape index (κ2) is 8.10. The number of thiazole rings is 1. The van der Waals surface area contributed by atoms with E-state index in [-0.39, 0.29) is 5.91 Å². The van der Waals surface area contributed by atoms with Crippen molar-refractivity contribution in [2.75, 3.05) is 31.1 Å². The third-order valence-corrected chi connectivity index (χ3v) is 6.18. The van der Waals surface area contributed by atoms with Gasteiger partial charge in [0, 0.05) is 49.1 Å². The van der Waals surface area contributed by atoms with Crippen molar-refractivity contribution >= 4 is 22.9 Å². The largest absolute Gasteiger partial charge is 0.369 e. The molecule has 0 aliphatic carbocycles. The molecule has 1 saturated heterocycles. The number of aryl methyl sites for hydroxylation is 1. The Hall–Kier alpha value is -3.11. The first kappa shape index (κ1) is 19.2. The molecular weight excluding hydrogens is 382 g/mol. The summed E-state index contributed by atoms with van der Waals surface area (Å²) in [6, 6.07) is 11.9. The van der Waals surface area contributed by atoms with Crippen LogP contribution < -0.4 is 4.90 Å². The van der Waals surface area contributed by atoms with E-state index in [0.717, 1.165) is 47.3 Å². The maximum absolute atomic E-state index is 13.3. The molecule has 0 saturated carbocycles. The highest BCUT2D eigenvalue weighted by Crippen LogP contribution is 2.25. The number of anilines is 1. The third kappa shape index (κ3) is 3.64. The lowest BCUT2D eigenvalue weighted by Gasteiger charge is -2.24. The van der Waals surface area contributed by atoms with Gasteiger partial charge in [0.05, 0.1) is 16.8 Å². The molecule has 7 heteroatoms. The van der Waals surface area contributed by atoms with E-state index in [2.05, 4.69) is 16.0 Å². The van der Waals surface area contributed by atoms with E-state index >= 15 is 0 Å². The van der Waals surface area contributed by atoms with Crippen molar-refractivity contribution in [3.8, 4) is 11.2 Å². The Morgan fingerprint density at radius 3 is 2.76 bits per heavy atom. The monoisotopic (exact) mass is 405 g/mol. The number of hydrogen-bond donors (Lipinski definition) is 0. The Labute approximate surface area is 174 Å². The zero-order chi connectivity index (χ0) is 20.4. The summed E-state index contributed by atoms with van der Waals surface area (Å²) >= 11 is 1.56. The van der Waals surface area contributed by atoms with Crippen molar-refractivity contribution in [2.24, 2.45) is 0 Å². The number of rotatable bonds is 3. The van der Waals surface area contributed by atoms with Gasteiger partial charge in [-0.3, -0.25) is 9.36 Å². The number of benzene rings is 1. The van der Waals surface area contributed by atoms with Crippen LogP contribution in [0.25, 0.3) is 5.13 Å². The molecule has 1 aliphatic heterocycles. The number of para-hydroxylation sites is 1. The molecule has 2 aromatic heterocycles. The minimum absolute atomic E-state index is 0.0660. The van der Waals surface area contributed by atoms with Crippen molar-refractivity contribution in [3.05, 3.63) is 64.4 Å². The van der Waals surface area contributed by atoms with Crippen LogP contribution in [-0.4, -0.2) is 46.5 Å². The lowest BCUT2D eigenvalue weighted by molar-refractivity contribution is 0.0766. The summed E-state index contributed by atoms with van der Waals surface area (Å²) in [5.41, 5.74) is 4.31. The van der Waals surface area contributed by atoms with Gasteiger partial charge in [-0.05, 0) is 38.5 Å². The smallest absolute Gasteiger partial charge is 0.255 e. The molecule has 148 valence electrons. The van der Waals surface area contributed by atoms with Crippen LogP contribution in [-0.2, 0) is 0 Å². The number of hydrogen-bond acceptors (Lipinski definition) is 5. The van der Waals surface area contributed by atoms with E-state index < -0.39 is 0 Å². The molecule has 1 amide bonds. The average molecular weight is 406 g/mol. The normalized spacial score (nSPS) is 14.5. The Balaban J connectivity index is 1.54. The van der Waals surface area contributed by atoms with Gasteiger partial charge in [0.1, 0.15) is 6.07 Å². The van der Waals surface area contributed by atoms with Gasteiger partial charge in [-0.2, -0.15) is 5.26 Å². The van der Waals surface area contributed by atoms with Gasteiger partial charge in [-0.1, -0.05) is 12.1 Å². The number of carbonyl (C=O) groups excluding carboxylic acids is 1. The number of carbonyl (C=O) groups is 1. The molecule has 0 spiro atoms. The highest BCUT2D eigenvalue weighted by atomic mass is 32.1. The standard InChI is InChI=1S/C22H23N5OS/c1-16-14-19(17(2)27(16)22-24-8-13-29-22)21(28)26-10-5-9-25(11-12-26)20-7-4-3-6-18(20)15-23/h3-4,6-8,13-14H,5,9-12H2,1-2H3. The van der Waals surface area contributed by atoms with E-state index in [4.69, 9.17) is 0 Å². The van der Waals surface area contributed by atoms with Gasteiger partial charge in [0.2, 0.25) is 0 Å². The average Bonchev–Trinajstić information content (AvgIpc) is 3.27. The van der Waals surface area contributed by atoms with E-state index in [0.29, 0.717) is 18.7 Å². The highest BCUT2D eigenvalue weighted by Gasteiger charge is 2.25. The van der Waals surface area contributed by atoms with Crippen LogP contribution in [0, 0.1) is 25.2 Å². The zero-order valence-electron chi connectivity index (χ0n) is 16.6. The van der Waals surface area contributed by atoms with Crippen molar-refractivity contribution < 1.29 is 4.79 Å². The summed E-state index contributed by atoms with van der Waals surface area (Å²) in [4.78, 5) is 21.8. The first-order chi connectivity index (χ1) is 14.1. The molecule has 29 heavy (non-hydrogen) atoms. The van der Waals surface area contributed by atoms with Gasteiger partial charge in [0.15, 0.2) is 5.13 Å². The van der Waals surface area contributed by atoms with Gasteiger partial charge >= 0.3 is 0 Å². The van der Waals surface area contributed by atoms with Crippen molar-refractivity contribution in [2.45, 2.75) is 20.3 Å². The topological polar surface area (TPSA) is 65.2 Å². The molecule has 0 radical (unpaired) electrons. The van der Waals surface area contributed by atoms with Gasteiger partial charge in [-0.25, -0.2) is 4.98 Å². The van der Waals surface area contributed by atoms with Crippen LogP contribution in [0.5, 0.6) is 0 Å². The van der Waals surface area contributed by atoms with E-state index in [1.54, 1.807) is 17.5 Å². The fourth-order valence-electron chi connectivity index (χ4n) is 3.98. The van der Waals surface area contributed by atoms with E-state index in [1.807, 2.05) is 59.0 Å². The maximum atomic E-state index is 13.3. The van der Waals surface area contributed by atoms with Crippen molar-refractivity contribution in [1.29, 1.82) is 5.26 Å². The molecule has 3 heterocycles. The van der Waals surface area contributed by atoms with E-state index in [1.165, 1.54) is 0 Å². The van der Waals surface area contributed by atoms with Crippen LogP contribution >= 0.6 is 11.3 Å². The summed E-state index contributed by atoms with van der Waals surface area (Å²) in [7, 11) is 0. The highest BCUT2D eigenvalue weighted by molar-refractivity contribution is 7.12. The minimum Gasteiger partial charge on any atom is -0.369 e. The van der Waals surface area contributed by atoms with Crippen LogP contribution in [0.15, 0.2) is 41.9 Å². The molecule has 0 bridgehead atoms. The number of nitrogens with zero attached hydrogens (tertiary/aromatic N) is 5.